The van der Waals surface area contributed by atoms with Gasteiger partial charge < -0.3 is 29.5 Å². The monoisotopic (exact) mass is 544 g/mol. The van der Waals surface area contributed by atoms with E-state index in [9.17, 15) is 28.2 Å². The molecule has 10 heteroatoms. The van der Waals surface area contributed by atoms with Crippen molar-refractivity contribution in [3.8, 4) is 17.2 Å². The van der Waals surface area contributed by atoms with E-state index in [-0.39, 0.29) is 29.4 Å². The average Bonchev–Trinajstić information content (AvgIpc) is 3.22. The molecule has 1 saturated heterocycles. The van der Waals surface area contributed by atoms with Gasteiger partial charge in [-0.25, -0.2) is 0 Å². The molecular formula is C29H31F3N2O5. The molecule has 0 radical (unpaired) electrons. The molecule has 1 amide bonds. The summed E-state index contributed by atoms with van der Waals surface area (Å²) in [5.41, 5.74) is 0.414. The molecule has 0 aromatic heterocycles. The number of carbonyl (C=O) groups is 1. The highest BCUT2D eigenvalue weighted by atomic mass is 19.4. The standard InChI is InChI=1S/C29H31F3N2O5/c1-16-13-20(34(3)23(36)10-7-17-5-4-6-19(14-17)39-29(30,31)32)26-27-11-12-33(2)22(28(16,27)37)15-18-8-9-21(35)25(38-26)24(18)27/h4-10,14,16,20,22,26,35,37H,11-13,15H2,1-3H3/b10-7+/t16?,20?,22-,26?,27+,28-/m1/s1. The maximum absolute atomic E-state index is 13.4. The smallest absolute Gasteiger partial charge is 0.504 e. The van der Waals surface area contributed by atoms with Crippen LogP contribution in [0.2, 0.25) is 0 Å². The minimum absolute atomic E-state index is 0.0264. The topological polar surface area (TPSA) is 82.5 Å². The van der Waals surface area contributed by atoms with Crippen molar-refractivity contribution in [1.82, 2.24) is 9.80 Å². The molecule has 4 aliphatic rings. The highest BCUT2D eigenvalue weighted by Gasteiger charge is 2.75. The number of hydrogen-bond acceptors (Lipinski definition) is 6. The second kappa shape index (κ2) is 8.63. The molecule has 1 saturated carbocycles. The third-order valence-electron chi connectivity index (χ3n) is 9.48. The number of phenolic OH excluding ortho intramolecular Hbond substituents is 1. The zero-order chi connectivity index (χ0) is 27.9. The molecular weight excluding hydrogens is 513 g/mol. The molecule has 2 N–H and O–H groups in total. The molecule has 3 unspecified atom stereocenters. The second-order valence-electron chi connectivity index (χ2n) is 11.3. The van der Waals surface area contributed by atoms with Crippen molar-refractivity contribution >= 4 is 12.0 Å². The van der Waals surface area contributed by atoms with Gasteiger partial charge in [0.15, 0.2) is 11.5 Å². The summed E-state index contributed by atoms with van der Waals surface area (Å²) in [7, 11) is 3.71. The molecule has 6 rings (SSSR count). The van der Waals surface area contributed by atoms with Crippen molar-refractivity contribution < 1.29 is 37.7 Å². The van der Waals surface area contributed by atoms with Crippen LogP contribution < -0.4 is 9.47 Å². The predicted octanol–water partition coefficient (Wildman–Crippen LogP) is 3.86. The minimum atomic E-state index is -4.81. The summed E-state index contributed by atoms with van der Waals surface area (Å²) < 4.78 is 48.3. The first-order chi connectivity index (χ1) is 18.4. The van der Waals surface area contributed by atoms with Crippen LogP contribution in [-0.2, 0) is 16.6 Å². The highest BCUT2D eigenvalue weighted by Crippen LogP contribution is 2.66. The van der Waals surface area contributed by atoms with Crippen LogP contribution in [0.15, 0.2) is 42.5 Å². The molecule has 39 heavy (non-hydrogen) atoms. The lowest BCUT2D eigenvalue weighted by molar-refractivity contribution is -0.274. The lowest BCUT2D eigenvalue weighted by Crippen LogP contribution is -2.80. The molecule has 208 valence electrons. The van der Waals surface area contributed by atoms with Gasteiger partial charge in [-0.05, 0) is 74.2 Å². The molecule has 2 aromatic rings. The summed E-state index contributed by atoms with van der Waals surface area (Å²) in [5, 5.41) is 23.3. The van der Waals surface area contributed by atoms with E-state index in [0.29, 0.717) is 30.6 Å². The van der Waals surface area contributed by atoms with Gasteiger partial charge in [0.2, 0.25) is 5.91 Å². The largest absolute Gasteiger partial charge is 0.573 e. The minimum Gasteiger partial charge on any atom is -0.504 e. The lowest BCUT2D eigenvalue weighted by atomic mass is 9.45. The van der Waals surface area contributed by atoms with Crippen molar-refractivity contribution in [3.63, 3.8) is 0 Å². The van der Waals surface area contributed by atoms with Crippen molar-refractivity contribution in [3.05, 3.63) is 59.2 Å². The SMILES string of the molecule is CC1CC(N(C)C(=O)/C=C/c2cccc(OC(F)(F)F)c2)C2Oc3c(O)ccc4c3[C@@]23CCN(C)[C@H](C4)[C@]13O. The van der Waals surface area contributed by atoms with Gasteiger partial charge in [-0.3, -0.25) is 4.79 Å². The normalized spacial score (nSPS) is 33.0. The molecule has 2 aliphatic carbocycles. The lowest BCUT2D eigenvalue weighted by Gasteiger charge is -2.66. The Bertz CT molecular complexity index is 1360. The van der Waals surface area contributed by atoms with Crippen molar-refractivity contribution in [2.24, 2.45) is 5.92 Å². The Hall–Kier alpha value is -3.24. The molecule has 2 aromatic carbocycles. The second-order valence-corrected chi connectivity index (χ2v) is 11.3. The summed E-state index contributed by atoms with van der Waals surface area (Å²) in [6.07, 6.45) is -0.850. The Balaban J connectivity index is 1.33. The van der Waals surface area contributed by atoms with E-state index in [2.05, 4.69) is 9.64 Å². The number of phenols is 1. The number of likely N-dealkylation sites (tertiary alicyclic amines) is 1. The summed E-state index contributed by atoms with van der Waals surface area (Å²) >= 11 is 0. The van der Waals surface area contributed by atoms with Gasteiger partial charge in [0.05, 0.1) is 17.1 Å². The van der Waals surface area contributed by atoms with E-state index < -0.39 is 29.5 Å². The molecule has 6 atom stereocenters. The maximum Gasteiger partial charge on any atom is 0.573 e. The average molecular weight is 545 g/mol. The number of rotatable bonds is 4. The van der Waals surface area contributed by atoms with Crippen molar-refractivity contribution in [2.75, 3.05) is 20.6 Å². The van der Waals surface area contributed by atoms with Gasteiger partial charge in [-0.15, -0.1) is 13.2 Å². The number of amides is 1. The Kier molecular flexibility index (Phi) is 5.75. The van der Waals surface area contributed by atoms with Crippen LogP contribution in [0.3, 0.4) is 0 Å². The fourth-order valence-electron chi connectivity index (χ4n) is 7.78. The van der Waals surface area contributed by atoms with E-state index in [1.165, 1.54) is 30.4 Å². The van der Waals surface area contributed by atoms with E-state index in [1.807, 2.05) is 20.0 Å². The van der Waals surface area contributed by atoms with Gasteiger partial charge in [-0.1, -0.05) is 25.1 Å². The summed E-state index contributed by atoms with van der Waals surface area (Å²) in [6.45, 7) is 2.76. The van der Waals surface area contributed by atoms with Crippen LogP contribution in [0.25, 0.3) is 6.08 Å². The predicted molar refractivity (Wildman–Crippen MR) is 136 cm³/mol. The highest BCUT2D eigenvalue weighted by molar-refractivity contribution is 5.92. The number of aliphatic hydroxyl groups is 1. The Morgan fingerprint density at radius 2 is 2.05 bits per heavy atom. The van der Waals surface area contributed by atoms with Gasteiger partial charge in [-0.2, -0.15) is 0 Å². The Morgan fingerprint density at radius 3 is 2.79 bits per heavy atom. The van der Waals surface area contributed by atoms with Crippen molar-refractivity contribution in [2.45, 2.75) is 61.8 Å². The molecule has 1 spiro atoms. The van der Waals surface area contributed by atoms with E-state index in [1.54, 1.807) is 24.1 Å². The zero-order valence-electron chi connectivity index (χ0n) is 21.9. The number of aromatic hydroxyl groups is 1. The zero-order valence-corrected chi connectivity index (χ0v) is 21.9. The Morgan fingerprint density at radius 1 is 1.28 bits per heavy atom. The first kappa shape index (κ1) is 26.0. The van der Waals surface area contributed by atoms with E-state index in [0.717, 1.165) is 17.7 Å². The number of hydrogen-bond donors (Lipinski definition) is 2. The summed E-state index contributed by atoms with van der Waals surface area (Å²) in [4.78, 5) is 17.2. The van der Waals surface area contributed by atoms with Crippen LogP contribution in [0.1, 0.15) is 36.5 Å². The molecule has 2 heterocycles. The van der Waals surface area contributed by atoms with E-state index in [4.69, 9.17) is 4.74 Å². The number of carbonyl (C=O) groups excluding carboxylic acids is 1. The van der Waals surface area contributed by atoms with Gasteiger partial charge in [0.25, 0.3) is 0 Å². The molecule has 7 nitrogen and oxygen atoms in total. The van der Waals surface area contributed by atoms with Crippen LogP contribution in [0.5, 0.6) is 17.2 Å². The van der Waals surface area contributed by atoms with Gasteiger partial charge >= 0.3 is 6.36 Å². The fourth-order valence-corrected chi connectivity index (χ4v) is 7.78. The number of piperidine rings is 1. The van der Waals surface area contributed by atoms with Crippen LogP contribution in [0.4, 0.5) is 13.2 Å². The molecule has 2 aliphatic heterocycles. The van der Waals surface area contributed by atoms with Gasteiger partial charge in [0.1, 0.15) is 11.9 Å². The number of benzene rings is 2. The van der Waals surface area contributed by atoms with Gasteiger partial charge in [0, 0.05) is 24.7 Å². The number of likely N-dealkylation sites (N-methyl/N-ethyl adjacent to an activating group) is 2. The summed E-state index contributed by atoms with van der Waals surface area (Å²) in [6, 6.07) is 8.43. The first-order valence-corrected chi connectivity index (χ1v) is 13.1. The molecule has 2 fully saturated rings. The third-order valence-corrected chi connectivity index (χ3v) is 9.48. The quantitative estimate of drug-likeness (QED) is 0.569. The van der Waals surface area contributed by atoms with Crippen LogP contribution in [-0.4, -0.2) is 76.7 Å². The number of nitrogens with zero attached hydrogens (tertiary/aromatic N) is 2. The van der Waals surface area contributed by atoms with Crippen LogP contribution in [0, 0.1) is 5.92 Å². The number of halogens is 3. The van der Waals surface area contributed by atoms with Crippen molar-refractivity contribution in [1.29, 1.82) is 0 Å². The number of ether oxygens (including phenoxy) is 2. The van der Waals surface area contributed by atoms with E-state index >= 15 is 0 Å². The third kappa shape index (κ3) is 3.67. The summed E-state index contributed by atoms with van der Waals surface area (Å²) in [5.74, 6) is -0.464. The Labute approximate surface area is 224 Å². The molecule has 2 bridgehead atoms. The first-order valence-electron chi connectivity index (χ1n) is 13.1. The number of alkyl halides is 3. The maximum atomic E-state index is 13.4. The fraction of sp³-hybridized carbons (Fsp3) is 0.483. The van der Waals surface area contributed by atoms with Crippen LogP contribution >= 0.6 is 0 Å².